The van der Waals surface area contributed by atoms with Crippen LogP contribution in [0.2, 0.25) is 0 Å². The van der Waals surface area contributed by atoms with Gasteiger partial charge < -0.3 is 19.5 Å². The minimum absolute atomic E-state index is 0.151. The number of hydrogen-bond acceptors (Lipinski definition) is 5. The van der Waals surface area contributed by atoms with E-state index >= 15 is 0 Å². The van der Waals surface area contributed by atoms with E-state index in [0.717, 1.165) is 25.0 Å². The van der Waals surface area contributed by atoms with E-state index in [2.05, 4.69) is 5.32 Å². The molecule has 0 saturated carbocycles. The van der Waals surface area contributed by atoms with Crippen LogP contribution in [0.4, 0.5) is 14.5 Å². The zero-order chi connectivity index (χ0) is 22.1. The first-order valence-electron chi connectivity index (χ1n) is 9.72. The molecule has 2 aromatic carbocycles. The average Bonchev–Trinajstić information content (AvgIpc) is 2.72. The molecule has 2 rings (SSSR count). The lowest BCUT2D eigenvalue weighted by Gasteiger charge is -2.16. The largest absolute Gasteiger partial charge is 0.490 e. The van der Waals surface area contributed by atoms with Crippen LogP contribution in [0.5, 0.6) is 11.5 Å². The fourth-order valence-electron chi connectivity index (χ4n) is 2.47. The Bertz CT molecular complexity index is 868. The Labute approximate surface area is 174 Å². The molecule has 0 radical (unpaired) electrons. The van der Waals surface area contributed by atoms with Gasteiger partial charge in [-0.25, -0.2) is 13.6 Å². The predicted molar refractivity (Wildman–Crippen MR) is 108 cm³/mol. The highest BCUT2D eigenvalue weighted by Gasteiger charge is 2.22. The summed E-state index contributed by atoms with van der Waals surface area (Å²) in [7, 11) is 0. The molecular weight excluding hydrogens is 396 g/mol. The van der Waals surface area contributed by atoms with Crippen molar-refractivity contribution in [3.8, 4) is 11.5 Å². The smallest absolute Gasteiger partial charge is 0.339 e. The second-order valence-electron chi connectivity index (χ2n) is 6.43. The van der Waals surface area contributed by atoms with Gasteiger partial charge in [0.05, 0.1) is 18.8 Å². The fourth-order valence-corrected chi connectivity index (χ4v) is 2.47. The van der Waals surface area contributed by atoms with E-state index in [-0.39, 0.29) is 5.56 Å². The third-order valence-electron chi connectivity index (χ3n) is 4.10. The maximum Gasteiger partial charge on any atom is 0.339 e. The van der Waals surface area contributed by atoms with Gasteiger partial charge in [0, 0.05) is 0 Å². The molecule has 0 heterocycles. The molecule has 162 valence electrons. The van der Waals surface area contributed by atoms with Crippen LogP contribution >= 0.6 is 0 Å². The lowest BCUT2D eigenvalue weighted by Crippen LogP contribution is -2.30. The summed E-state index contributed by atoms with van der Waals surface area (Å²) in [6.07, 6.45) is 0.572. The van der Waals surface area contributed by atoms with Crippen molar-refractivity contribution in [2.45, 2.75) is 39.7 Å². The molecule has 0 aromatic heterocycles. The van der Waals surface area contributed by atoms with Crippen LogP contribution in [0.1, 0.15) is 44.0 Å². The number of rotatable bonds is 10. The van der Waals surface area contributed by atoms with Crippen molar-refractivity contribution in [2.24, 2.45) is 0 Å². The van der Waals surface area contributed by atoms with E-state index in [0.29, 0.717) is 24.7 Å². The summed E-state index contributed by atoms with van der Waals surface area (Å²) in [4.78, 5) is 24.6. The minimum atomic E-state index is -1.28. The number of ether oxygens (including phenoxy) is 3. The number of benzene rings is 2. The van der Waals surface area contributed by atoms with Gasteiger partial charge in [-0.2, -0.15) is 0 Å². The highest BCUT2D eigenvalue weighted by Crippen LogP contribution is 2.29. The Kier molecular flexibility index (Phi) is 8.58. The molecule has 1 atom stereocenters. The summed E-state index contributed by atoms with van der Waals surface area (Å²) in [6.45, 7) is 6.04. The number of esters is 1. The first-order valence-corrected chi connectivity index (χ1v) is 9.72. The van der Waals surface area contributed by atoms with Gasteiger partial charge in [0.1, 0.15) is 17.3 Å². The SMILES string of the molecule is CCCCOc1ccc(C(=O)O[C@H](C)C(=O)Nc2c(F)cccc2F)cc1OCC. The minimum Gasteiger partial charge on any atom is -0.490 e. The maximum absolute atomic E-state index is 13.7. The normalized spacial score (nSPS) is 11.5. The zero-order valence-electron chi connectivity index (χ0n) is 17.2. The van der Waals surface area contributed by atoms with E-state index in [1.54, 1.807) is 13.0 Å². The van der Waals surface area contributed by atoms with Crippen LogP contribution in [0.15, 0.2) is 36.4 Å². The predicted octanol–water partition coefficient (Wildman–Crippen LogP) is 4.73. The van der Waals surface area contributed by atoms with Crippen molar-refractivity contribution in [1.82, 2.24) is 0 Å². The van der Waals surface area contributed by atoms with Crippen molar-refractivity contribution in [3.05, 3.63) is 53.6 Å². The lowest BCUT2D eigenvalue weighted by atomic mass is 10.2. The molecule has 1 N–H and O–H groups in total. The van der Waals surface area contributed by atoms with Crippen LogP contribution in [-0.2, 0) is 9.53 Å². The van der Waals surface area contributed by atoms with E-state index < -0.39 is 35.3 Å². The van der Waals surface area contributed by atoms with Crippen molar-refractivity contribution in [3.63, 3.8) is 0 Å². The van der Waals surface area contributed by atoms with E-state index in [1.807, 2.05) is 6.92 Å². The number of hydrogen-bond donors (Lipinski definition) is 1. The highest BCUT2D eigenvalue weighted by molar-refractivity contribution is 5.97. The van der Waals surface area contributed by atoms with Crippen LogP contribution < -0.4 is 14.8 Å². The van der Waals surface area contributed by atoms with Gasteiger partial charge in [0.25, 0.3) is 5.91 Å². The Morgan fingerprint density at radius 2 is 1.73 bits per heavy atom. The summed E-state index contributed by atoms with van der Waals surface area (Å²) in [6, 6.07) is 7.75. The Hall–Kier alpha value is -3.16. The summed E-state index contributed by atoms with van der Waals surface area (Å²) < 4.78 is 43.7. The summed E-state index contributed by atoms with van der Waals surface area (Å²) in [5.41, 5.74) is -0.448. The van der Waals surface area contributed by atoms with Crippen LogP contribution in [0, 0.1) is 11.6 Å². The Morgan fingerprint density at radius 3 is 2.37 bits per heavy atom. The molecule has 0 spiro atoms. The van der Waals surface area contributed by atoms with E-state index in [1.165, 1.54) is 25.1 Å². The topological polar surface area (TPSA) is 73.9 Å². The van der Waals surface area contributed by atoms with Crippen LogP contribution in [-0.4, -0.2) is 31.2 Å². The maximum atomic E-state index is 13.7. The number of carbonyl (C=O) groups excluding carboxylic acids is 2. The molecule has 8 heteroatoms. The van der Waals surface area contributed by atoms with Gasteiger partial charge in [0.2, 0.25) is 0 Å². The number of nitrogens with one attached hydrogen (secondary N) is 1. The average molecular weight is 421 g/mol. The third kappa shape index (κ3) is 6.17. The summed E-state index contributed by atoms with van der Waals surface area (Å²) in [5, 5.41) is 2.09. The van der Waals surface area contributed by atoms with Gasteiger partial charge in [-0.3, -0.25) is 4.79 Å². The number of amides is 1. The quantitative estimate of drug-likeness (QED) is 0.444. The van der Waals surface area contributed by atoms with E-state index in [9.17, 15) is 18.4 Å². The molecule has 0 aliphatic carbocycles. The standard InChI is InChI=1S/C22H25F2NO5/c1-4-6-12-29-18-11-10-15(13-19(18)28-5-2)22(27)30-14(3)21(26)25-20-16(23)8-7-9-17(20)24/h7-11,13-14H,4-6,12H2,1-3H3,(H,25,26)/t14-/m1/s1. The molecule has 6 nitrogen and oxygen atoms in total. The monoisotopic (exact) mass is 421 g/mol. The highest BCUT2D eigenvalue weighted by atomic mass is 19.1. The van der Waals surface area contributed by atoms with Gasteiger partial charge in [-0.15, -0.1) is 0 Å². The van der Waals surface area contributed by atoms with E-state index in [4.69, 9.17) is 14.2 Å². The third-order valence-corrected chi connectivity index (χ3v) is 4.10. The molecule has 0 aliphatic rings. The number of halogens is 2. The first-order chi connectivity index (χ1) is 14.4. The molecule has 0 aliphatic heterocycles. The van der Waals surface area contributed by atoms with Crippen LogP contribution in [0.3, 0.4) is 0 Å². The van der Waals surface area contributed by atoms with Crippen molar-refractivity contribution < 1.29 is 32.6 Å². The number of unbranched alkanes of at least 4 members (excludes halogenated alkanes) is 1. The first kappa shape index (κ1) is 23.1. The molecule has 0 saturated heterocycles. The van der Waals surface area contributed by atoms with Crippen LogP contribution in [0.25, 0.3) is 0 Å². The molecule has 0 bridgehead atoms. The number of carbonyl (C=O) groups is 2. The Morgan fingerprint density at radius 1 is 1.03 bits per heavy atom. The lowest BCUT2D eigenvalue weighted by molar-refractivity contribution is -0.123. The molecule has 0 unspecified atom stereocenters. The second-order valence-corrected chi connectivity index (χ2v) is 6.43. The molecule has 2 aromatic rings. The number of para-hydroxylation sites is 1. The second kappa shape index (κ2) is 11.1. The van der Waals surface area contributed by atoms with Gasteiger partial charge in [0.15, 0.2) is 17.6 Å². The summed E-state index contributed by atoms with van der Waals surface area (Å²) in [5.74, 6) is -2.62. The van der Waals surface area contributed by atoms with Gasteiger partial charge in [-0.1, -0.05) is 19.4 Å². The molecular formula is C22H25F2NO5. The van der Waals surface area contributed by atoms with Crippen molar-refractivity contribution in [2.75, 3.05) is 18.5 Å². The van der Waals surface area contributed by atoms with Gasteiger partial charge >= 0.3 is 5.97 Å². The Balaban J connectivity index is 2.06. The summed E-state index contributed by atoms with van der Waals surface area (Å²) >= 11 is 0. The molecule has 1 amide bonds. The molecule has 0 fully saturated rings. The zero-order valence-corrected chi connectivity index (χ0v) is 17.2. The molecule has 30 heavy (non-hydrogen) atoms. The fraction of sp³-hybridized carbons (Fsp3) is 0.364. The number of anilines is 1. The van der Waals surface area contributed by atoms with Gasteiger partial charge in [-0.05, 0) is 50.6 Å². The van der Waals surface area contributed by atoms with Crippen molar-refractivity contribution in [1.29, 1.82) is 0 Å². The van der Waals surface area contributed by atoms with Crippen molar-refractivity contribution >= 4 is 17.6 Å².